The molecule has 1 aromatic rings. The smallest absolute Gasteiger partial charge is 0.138 e. The Morgan fingerprint density at radius 2 is 1.81 bits per heavy atom. The van der Waals surface area contributed by atoms with Crippen LogP contribution >= 0.6 is 47.8 Å². The zero-order valence-electron chi connectivity index (χ0n) is 9.27. The fourth-order valence-corrected chi connectivity index (χ4v) is 5.56. The van der Waals surface area contributed by atoms with Crippen LogP contribution in [0.25, 0.3) is 0 Å². The lowest BCUT2D eigenvalue weighted by atomic mass is 9.82. The second kappa shape index (κ2) is 4.73. The fraction of sp³-hybridized carbons (Fsp3) is 0.727. The Labute approximate surface area is 121 Å². The number of hydrogen-bond acceptors (Lipinski definition) is 2. The molecule has 0 aliphatic heterocycles. The Morgan fingerprint density at radius 1 is 1.25 bits per heavy atom. The van der Waals surface area contributed by atoms with E-state index in [4.69, 9.17) is 4.52 Å². The van der Waals surface area contributed by atoms with Crippen molar-refractivity contribution >= 4 is 47.8 Å². The van der Waals surface area contributed by atoms with Crippen molar-refractivity contribution in [2.45, 2.75) is 47.1 Å². The Bertz CT molecular complexity index is 361. The lowest BCUT2D eigenvalue weighted by molar-refractivity contribution is 0.387. The molecule has 1 heterocycles. The molecule has 1 aliphatic rings. The molecule has 1 aromatic heterocycles. The van der Waals surface area contributed by atoms with Crippen molar-refractivity contribution in [2.24, 2.45) is 0 Å². The van der Waals surface area contributed by atoms with Crippen LogP contribution in [0.2, 0.25) is 0 Å². The van der Waals surface area contributed by atoms with Crippen LogP contribution in [0.15, 0.2) is 4.52 Å². The quantitative estimate of drug-likeness (QED) is 0.627. The van der Waals surface area contributed by atoms with Crippen LogP contribution in [0, 0.1) is 13.8 Å². The predicted molar refractivity (Wildman–Crippen MR) is 75.9 cm³/mol. The van der Waals surface area contributed by atoms with Gasteiger partial charge in [-0.15, -0.1) is 0 Å². The summed E-state index contributed by atoms with van der Waals surface area (Å²) in [7, 11) is 0. The molecule has 2 unspecified atom stereocenters. The molecule has 1 saturated carbocycles. The van der Waals surface area contributed by atoms with Gasteiger partial charge < -0.3 is 4.52 Å². The third kappa shape index (κ3) is 1.93. The maximum absolute atomic E-state index is 5.29. The normalized spacial score (nSPS) is 35.3. The van der Waals surface area contributed by atoms with E-state index in [9.17, 15) is 0 Å². The van der Waals surface area contributed by atoms with Crippen molar-refractivity contribution in [3.05, 3.63) is 17.0 Å². The van der Waals surface area contributed by atoms with Crippen LogP contribution in [0.1, 0.15) is 36.3 Å². The van der Waals surface area contributed by atoms with E-state index in [1.807, 2.05) is 13.8 Å². The first-order chi connectivity index (χ1) is 7.48. The highest BCUT2D eigenvalue weighted by molar-refractivity contribution is 9.13. The summed E-state index contributed by atoms with van der Waals surface area (Å²) in [6.07, 6.45) is 3.57. The van der Waals surface area contributed by atoms with Crippen LogP contribution in [-0.2, 0) is 4.32 Å². The minimum atomic E-state index is -0.112. The largest absolute Gasteiger partial charge is 0.361 e. The van der Waals surface area contributed by atoms with Gasteiger partial charge in [-0.25, -0.2) is 0 Å². The first-order valence-electron chi connectivity index (χ1n) is 5.38. The van der Waals surface area contributed by atoms with Gasteiger partial charge >= 0.3 is 0 Å². The summed E-state index contributed by atoms with van der Waals surface area (Å²) in [6.45, 7) is 3.98. The molecule has 1 fully saturated rings. The van der Waals surface area contributed by atoms with E-state index in [1.54, 1.807) is 0 Å². The zero-order chi connectivity index (χ0) is 11.9. The van der Waals surface area contributed by atoms with Gasteiger partial charge in [-0.2, -0.15) is 0 Å². The second-order valence-corrected chi connectivity index (χ2v) is 7.86. The Morgan fingerprint density at radius 3 is 2.25 bits per heavy atom. The van der Waals surface area contributed by atoms with Gasteiger partial charge in [-0.05, 0) is 26.7 Å². The summed E-state index contributed by atoms with van der Waals surface area (Å²) < 4.78 is 5.18. The zero-order valence-corrected chi connectivity index (χ0v) is 14.0. The van der Waals surface area contributed by atoms with E-state index >= 15 is 0 Å². The topological polar surface area (TPSA) is 26.0 Å². The van der Waals surface area contributed by atoms with Crippen molar-refractivity contribution in [2.75, 3.05) is 0 Å². The molecule has 0 amide bonds. The van der Waals surface area contributed by atoms with Gasteiger partial charge in [0, 0.05) is 15.2 Å². The summed E-state index contributed by atoms with van der Waals surface area (Å²) >= 11 is 11.5. The lowest BCUT2D eigenvalue weighted by Crippen LogP contribution is -2.42. The third-order valence-electron chi connectivity index (χ3n) is 3.24. The molecule has 2 rings (SSSR count). The van der Waals surface area contributed by atoms with Crippen molar-refractivity contribution in [1.29, 1.82) is 0 Å². The van der Waals surface area contributed by atoms with Gasteiger partial charge in [0.1, 0.15) is 5.76 Å². The number of aryl methyl sites for hydroxylation is 2. The molecule has 2 nitrogen and oxygen atoms in total. The van der Waals surface area contributed by atoms with E-state index in [0.717, 1.165) is 24.3 Å². The molecule has 90 valence electrons. The Balaban J connectivity index is 2.50. The molecule has 0 bridgehead atoms. The molecule has 16 heavy (non-hydrogen) atoms. The van der Waals surface area contributed by atoms with Crippen LogP contribution in [-0.4, -0.2) is 14.8 Å². The van der Waals surface area contributed by atoms with Crippen LogP contribution in [0.3, 0.4) is 0 Å². The standard InChI is InChI=1S/C11H14Br3NO/c1-6-10(7(2)16-15-6)11(14)8(12)4-3-5-9(11)13/h8-9H,3-5H2,1-2H3. The molecule has 2 atom stereocenters. The lowest BCUT2D eigenvalue weighted by Gasteiger charge is -2.40. The molecule has 5 heteroatoms. The molecular formula is C11H14Br3NO. The third-order valence-corrected chi connectivity index (χ3v) is 8.33. The van der Waals surface area contributed by atoms with Crippen molar-refractivity contribution in [3.8, 4) is 0 Å². The Kier molecular flexibility index (Phi) is 3.87. The summed E-state index contributed by atoms with van der Waals surface area (Å²) in [5.41, 5.74) is 2.17. The highest BCUT2D eigenvalue weighted by Gasteiger charge is 2.48. The highest BCUT2D eigenvalue weighted by Crippen LogP contribution is 2.52. The van der Waals surface area contributed by atoms with E-state index < -0.39 is 0 Å². The average molecular weight is 416 g/mol. The van der Waals surface area contributed by atoms with E-state index in [0.29, 0.717) is 9.65 Å². The number of hydrogen-bond donors (Lipinski definition) is 0. The summed E-state index contributed by atoms with van der Waals surface area (Å²) in [5.74, 6) is 0.908. The Hall–Kier alpha value is 0.650. The molecule has 0 spiro atoms. The summed E-state index contributed by atoms with van der Waals surface area (Å²) in [5, 5.41) is 4.06. The average Bonchev–Trinajstić information content (AvgIpc) is 2.55. The fourth-order valence-electron chi connectivity index (χ4n) is 2.44. The number of alkyl halides is 3. The molecule has 0 aromatic carbocycles. The van der Waals surface area contributed by atoms with Gasteiger partial charge in [0.25, 0.3) is 0 Å². The van der Waals surface area contributed by atoms with Crippen LogP contribution in [0.4, 0.5) is 0 Å². The van der Waals surface area contributed by atoms with Gasteiger partial charge in [-0.3, -0.25) is 0 Å². The van der Waals surface area contributed by atoms with Gasteiger partial charge in [-0.1, -0.05) is 59.4 Å². The molecular weight excluding hydrogens is 402 g/mol. The molecule has 0 N–H and O–H groups in total. The van der Waals surface area contributed by atoms with Crippen LogP contribution in [0.5, 0.6) is 0 Å². The number of halogens is 3. The number of aromatic nitrogens is 1. The highest BCUT2D eigenvalue weighted by atomic mass is 79.9. The minimum Gasteiger partial charge on any atom is -0.361 e. The SMILES string of the molecule is Cc1noc(C)c1C1(Br)C(Br)CCCC1Br. The first-order valence-corrected chi connectivity index (χ1v) is 8.00. The predicted octanol–water partition coefficient (Wildman–Crippen LogP) is 4.59. The van der Waals surface area contributed by atoms with Gasteiger partial charge in [0.05, 0.1) is 10.0 Å². The molecule has 0 saturated heterocycles. The molecule has 0 radical (unpaired) electrons. The monoisotopic (exact) mass is 413 g/mol. The van der Waals surface area contributed by atoms with Gasteiger partial charge in [0.15, 0.2) is 0 Å². The maximum atomic E-state index is 5.29. The maximum Gasteiger partial charge on any atom is 0.138 e. The summed E-state index contributed by atoms with van der Waals surface area (Å²) in [6, 6.07) is 0. The first kappa shape index (κ1) is 13.1. The summed E-state index contributed by atoms with van der Waals surface area (Å²) in [4.78, 5) is 0.796. The van der Waals surface area contributed by atoms with Crippen molar-refractivity contribution in [1.82, 2.24) is 5.16 Å². The number of nitrogens with zero attached hydrogens (tertiary/aromatic N) is 1. The second-order valence-electron chi connectivity index (χ2n) is 4.33. The van der Waals surface area contributed by atoms with Crippen molar-refractivity contribution < 1.29 is 4.52 Å². The van der Waals surface area contributed by atoms with E-state index in [1.165, 1.54) is 12.0 Å². The van der Waals surface area contributed by atoms with Crippen LogP contribution < -0.4 is 0 Å². The van der Waals surface area contributed by atoms with E-state index in [-0.39, 0.29) is 4.32 Å². The molecule has 1 aliphatic carbocycles. The van der Waals surface area contributed by atoms with Crippen molar-refractivity contribution in [3.63, 3.8) is 0 Å². The minimum absolute atomic E-state index is 0.112. The number of rotatable bonds is 1. The van der Waals surface area contributed by atoms with Gasteiger partial charge in [0.2, 0.25) is 0 Å². The van der Waals surface area contributed by atoms with E-state index in [2.05, 4.69) is 52.9 Å².